The Morgan fingerprint density at radius 3 is 2.71 bits per heavy atom. The van der Waals surface area contributed by atoms with Crippen LogP contribution in [0.3, 0.4) is 0 Å². The third-order valence-corrected chi connectivity index (χ3v) is 9.34. The van der Waals surface area contributed by atoms with E-state index >= 15 is 0 Å². The van der Waals surface area contributed by atoms with Crippen molar-refractivity contribution < 1.29 is 14.9 Å². The van der Waals surface area contributed by atoms with Crippen molar-refractivity contribution in [3.8, 4) is 0 Å². The van der Waals surface area contributed by atoms with Gasteiger partial charge in [0.15, 0.2) is 6.10 Å². The van der Waals surface area contributed by atoms with Gasteiger partial charge in [0.1, 0.15) is 11.9 Å². The molecule has 0 spiro atoms. The van der Waals surface area contributed by atoms with Crippen LogP contribution in [0, 0.1) is 17.3 Å². The molecule has 1 fully saturated rings. The van der Waals surface area contributed by atoms with E-state index in [0.29, 0.717) is 11.8 Å². The number of ether oxygens (including phenoxy) is 1. The molecule has 3 N–H and O–H groups in total. The van der Waals surface area contributed by atoms with Crippen LogP contribution >= 0.6 is 0 Å². The molecule has 31 heavy (non-hydrogen) atoms. The maximum atomic E-state index is 10.8. The van der Waals surface area contributed by atoms with Gasteiger partial charge in [-0.25, -0.2) is 0 Å². The maximum absolute atomic E-state index is 10.8. The highest BCUT2D eigenvalue weighted by atomic mass is 16.5. The second-order valence-electron chi connectivity index (χ2n) is 11.3. The first kappa shape index (κ1) is 19.6. The summed E-state index contributed by atoms with van der Waals surface area (Å²) in [6, 6.07) is 8.71. The Balaban J connectivity index is 1.47. The van der Waals surface area contributed by atoms with Crippen molar-refractivity contribution in [2.24, 2.45) is 17.3 Å². The van der Waals surface area contributed by atoms with Crippen molar-refractivity contribution in [1.29, 1.82) is 0 Å². The van der Waals surface area contributed by atoms with Gasteiger partial charge in [-0.05, 0) is 86.1 Å². The number of rotatable bonds is 1. The van der Waals surface area contributed by atoms with Gasteiger partial charge in [-0.15, -0.1) is 0 Å². The molecule has 1 unspecified atom stereocenters. The first-order valence-corrected chi connectivity index (χ1v) is 11.7. The van der Waals surface area contributed by atoms with E-state index in [1.54, 1.807) is 13.8 Å². The molecule has 6 rings (SSSR count). The standard InChI is InChI=1S/C27H33NO3/c1-25(2,30)24-21(29)14-18-19-10-9-15-13-17-16-7-5-6-8-20(16)28-23(17)27(15,4)26(19,3)12-11-22(18)31-24/h5-8,11,14-15,19,21,24,28-30H,9-10,12-13H2,1-4H3/t15-,19?,21+,24-,26-,27+/m0/s1. The molecule has 3 aliphatic carbocycles. The zero-order valence-electron chi connectivity index (χ0n) is 18.9. The number of hydrogen-bond acceptors (Lipinski definition) is 3. The fourth-order valence-corrected chi connectivity index (χ4v) is 7.50. The van der Waals surface area contributed by atoms with Gasteiger partial charge in [-0.3, -0.25) is 0 Å². The summed E-state index contributed by atoms with van der Waals surface area (Å²) in [6.45, 7) is 8.34. The molecule has 2 aromatic rings. The number of allylic oxidation sites excluding steroid dienone is 2. The summed E-state index contributed by atoms with van der Waals surface area (Å²) in [5.41, 5.74) is 4.32. The number of aliphatic hydroxyl groups excluding tert-OH is 1. The van der Waals surface area contributed by atoms with Gasteiger partial charge in [-0.1, -0.05) is 32.0 Å². The van der Waals surface area contributed by atoms with Crippen LogP contribution in [0.1, 0.15) is 58.2 Å². The number of nitrogens with one attached hydrogen (secondary N) is 1. The molecule has 2 heterocycles. The number of para-hydroxylation sites is 1. The summed E-state index contributed by atoms with van der Waals surface area (Å²) >= 11 is 0. The monoisotopic (exact) mass is 419 g/mol. The number of aliphatic hydroxyl groups is 2. The molecule has 4 heteroatoms. The van der Waals surface area contributed by atoms with Crippen LogP contribution in [0.5, 0.6) is 0 Å². The molecule has 0 amide bonds. The lowest BCUT2D eigenvalue weighted by molar-refractivity contribution is -0.116. The van der Waals surface area contributed by atoms with Crippen molar-refractivity contribution in [2.75, 3.05) is 0 Å². The van der Waals surface area contributed by atoms with Gasteiger partial charge in [0, 0.05) is 22.0 Å². The van der Waals surface area contributed by atoms with E-state index in [9.17, 15) is 10.2 Å². The van der Waals surface area contributed by atoms with Crippen LogP contribution in [-0.4, -0.2) is 33.0 Å². The van der Waals surface area contributed by atoms with E-state index in [1.807, 2.05) is 6.08 Å². The van der Waals surface area contributed by atoms with E-state index in [1.165, 1.54) is 28.6 Å². The van der Waals surface area contributed by atoms with Gasteiger partial charge >= 0.3 is 0 Å². The van der Waals surface area contributed by atoms with Crippen LogP contribution < -0.4 is 0 Å². The van der Waals surface area contributed by atoms with Gasteiger partial charge in [-0.2, -0.15) is 0 Å². The van der Waals surface area contributed by atoms with Gasteiger partial charge in [0.05, 0.1) is 5.60 Å². The number of H-pyrrole nitrogens is 1. The molecular formula is C27H33NO3. The third-order valence-electron chi connectivity index (χ3n) is 9.34. The minimum absolute atomic E-state index is 0.0437. The molecule has 0 saturated heterocycles. The minimum Gasteiger partial charge on any atom is -0.484 e. The molecule has 1 aromatic carbocycles. The fourth-order valence-electron chi connectivity index (χ4n) is 7.50. The maximum Gasteiger partial charge on any atom is 0.156 e. The molecular weight excluding hydrogens is 386 g/mol. The molecule has 1 saturated carbocycles. The van der Waals surface area contributed by atoms with Crippen LogP contribution in [-0.2, 0) is 16.6 Å². The normalized spacial score (nSPS) is 39.0. The minimum atomic E-state index is -1.10. The zero-order valence-corrected chi connectivity index (χ0v) is 18.9. The predicted octanol–water partition coefficient (Wildman–Crippen LogP) is 4.76. The van der Waals surface area contributed by atoms with Crippen molar-refractivity contribution in [1.82, 2.24) is 4.98 Å². The lowest BCUT2D eigenvalue weighted by atomic mass is 9.46. The Bertz CT molecular complexity index is 1140. The summed E-state index contributed by atoms with van der Waals surface area (Å²) in [6.07, 6.45) is 7.16. The topological polar surface area (TPSA) is 65.5 Å². The summed E-state index contributed by atoms with van der Waals surface area (Å²) in [4.78, 5) is 3.83. The number of aromatic amines is 1. The lowest BCUT2D eigenvalue weighted by Crippen LogP contribution is -2.56. The lowest BCUT2D eigenvalue weighted by Gasteiger charge is -2.59. The number of benzene rings is 1. The summed E-state index contributed by atoms with van der Waals surface area (Å²) in [5, 5.41) is 22.7. The van der Waals surface area contributed by atoms with E-state index in [0.717, 1.165) is 30.6 Å². The quantitative estimate of drug-likeness (QED) is 0.624. The number of aromatic nitrogens is 1. The summed E-state index contributed by atoms with van der Waals surface area (Å²) < 4.78 is 6.21. The molecule has 164 valence electrons. The van der Waals surface area contributed by atoms with Crippen LogP contribution in [0.15, 0.2) is 47.7 Å². The highest BCUT2D eigenvalue weighted by Crippen LogP contribution is 2.67. The Hall–Kier alpha value is -2.04. The number of hydrogen-bond donors (Lipinski definition) is 3. The first-order valence-electron chi connectivity index (χ1n) is 11.7. The Morgan fingerprint density at radius 1 is 1.16 bits per heavy atom. The van der Waals surface area contributed by atoms with E-state index in [2.05, 4.69) is 49.2 Å². The summed E-state index contributed by atoms with van der Waals surface area (Å²) in [7, 11) is 0. The Kier molecular flexibility index (Phi) is 3.83. The molecule has 0 radical (unpaired) electrons. The smallest absolute Gasteiger partial charge is 0.156 e. The first-order chi connectivity index (χ1) is 14.6. The third kappa shape index (κ3) is 2.38. The molecule has 4 aliphatic rings. The van der Waals surface area contributed by atoms with E-state index < -0.39 is 17.8 Å². The van der Waals surface area contributed by atoms with Gasteiger partial charge in [0.2, 0.25) is 0 Å². The molecule has 4 nitrogen and oxygen atoms in total. The Morgan fingerprint density at radius 2 is 1.94 bits per heavy atom. The van der Waals surface area contributed by atoms with Crippen LogP contribution in [0.4, 0.5) is 0 Å². The van der Waals surface area contributed by atoms with E-state index in [-0.39, 0.29) is 10.8 Å². The highest BCUT2D eigenvalue weighted by molar-refractivity contribution is 5.86. The average Bonchev–Trinajstić information content (AvgIpc) is 3.22. The second kappa shape index (κ2) is 6.05. The largest absolute Gasteiger partial charge is 0.484 e. The second-order valence-corrected chi connectivity index (χ2v) is 11.3. The van der Waals surface area contributed by atoms with Crippen LogP contribution in [0.2, 0.25) is 0 Å². The van der Waals surface area contributed by atoms with Crippen molar-refractivity contribution in [3.05, 3.63) is 59.0 Å². The van der Waals surface area contributed by atoms with Crippen molar-refractivity contribution in [2.45, 2.75) is 76.6 Å². The van der Waals surface area contributed by atoms with E-state index in [4.69, 9.17) is 4.74 Å². The van der Waals surface area contributed by atoms with Crippen molar-refractivity contribution >= 4 is 10.9 Å². The summed E-state index contributed by atoms with van der Waals surface area (Å²) in [5.74, 6) is 1.84. The number of fused-ring (bicyclic) bond motifs is 9. The molecule has 1 aromatic heterocycles. The molecule has 1 aliphatic heterocycles. The molecule has 6 atom stereocenters. The SMILES string of the molecule is CC(C)(O)[C@H]1OC2=CC[C@@]3(C)C(CC[C@H]4Cc5c([nH]c6ccccc56)[C@@]43C)C2=C[C@H]1O. The highest BCUT2D eigenvalue weighted by Gasteiger charge is 2.63. The van der Waals surface area contributed by atoms with Gasteiger partial charge in [0.25, 0.3) is 0 Å². The average molecular weight is 420 g/mol. The zero-order chi connectivity index (χ0) is 21.8. The molecule has 0 bridgehead atoms. The van der Waals surface area contributed by atoms with Gasteiger partial charge < -0.3 is 19.9 Å². The van der Waals surface area contributed by atoms with Crippen molar-refractivity contribution in [3.63, 3.8) is 0 Å². The van der Waals surface area contributed by atoms with Crippen LogP contribution in [0.25, 0.3) is 10.9 Å². The Labute approximate surface area is 184 Å². The fraction of sp³-hybridized carbons (Fsp3) is 0.556. The predicted molar refractivity (Wildman–Crippen MR) is 122 cm³/mol.